The van der Waals surface area contributed by atoms with E-state index >= 15 is 0 Å². The van der Waals surface area contributed by atoms with E-state index in [9.17, 15) is 0 Å². The predicted molar refractivity (Wildman–Crippen MR) is 88.1 cm³/mol. The maximum atomic E-state index is 6.37. The van der Waals surface area contributed by atoms with Gasteiger partial charge in [0, 0.05) is 17.4 Å². The number of aromatic nitrogens is 2. The Kier molecular flexibility index (Phi) is 3.75. The van der Waals surface area contributed by atoms with Gasteiger partial charge in [0.1, 0.15) is 15.6 Å². The highest BCUT2D eigenvalue weighted by Gasteiger charge is 2.42. The highest BCUT2D eigenvalue weighted by Crippen LogP contribution is 2.46. The Hall–Kier alpha value is -0.710. The fraction of sp³-hybridized carbons (Fsp3) is 0.625. The lowest BCUT2D eigenvalue weighted by atomic mass is 9.70. The minimum Gasteiger partial charge on any atom is -0.370 e. The number of methoxy groups -OCH3 is 1. The largest absolute Gasteiger partial charge is 0.370 e. The van der Waals surface area contributed by atoms with Crippen LogP contribution in [0.25, 0.3) is 10.2 Å². The number of ether oxygens (including phenoxy) is 1. The molecule has 1 aliphatic rings. The van der Waals surface area contributed by atoms with E-state index < -0.39 is 0 Å². The second-order valence-corrected chi connectivity index (χ2v) is 8.37. The molecule has 0 bridgehead atoms. The van der Waals surface area contributed by atoms with Gasteiger partial charge in [-0.1, -0.05) is 25.4 Å². The van der Waals surface area contributed by atoms with Gasteiger partial charge in [-0.25, -0.2) is 9.97 Å². The van der Waals surface area contributed by atoms with Crippen molar-refractivity contribution in [2.75, 3.05) is 7.11 Å². The van der Waals surface area contributed by atoms with Crippen LogP contribution in [0.3, 0.4) is 0 Å². The van der Waals surface area contributed by atoms with Crippen molar-refractivity contribution in [3.8, 4) is 0 Å². The highest BCUT2D eigenvalue weighted by atomic mass is 35.5. The van der Waals surface area contributed by atoms with Crippen LogP contribution in [-0.2, 0) is 10.3 Å². The summed E-state index contributed by atoms with van der Waals surface area (Å²) in [6.45, 7) is 6.69. The summed E-state index contributed by atoms with van der Waals surface area (Å²) in [5, 5.41) is 1.49. The molecule has 1 fully saturated rings. The van der Waals surface area contributed by atoms with Crippen LogP contribution in [0.2, 0.25) is 5.15 Å². The molecular formula is C16H21ClN2OS. The van der Waals surface area contributed by atoms with Crippen molar-refractivity contribution in [1.82, 2.24) is 9.97 Å². The van der Waals surface area contributed by atoms with E-state index in [1.165, 1.54) is 4.88 Å². The zero-order valence-corrected chi connectivity index (χ0v) is 14.6. The van der Waals surface area contributed by atoms with Crippen LogP contribution in [0.1, 0.15) is 50.2 Å². The molecule has 0 spiro atoms. The summed E-state index contributed by atoms with van der Waals surface area (Å²) in [4.78, 5) is 11.5. The molecule has 0 unspecified atom stereocenters. The third kappa shape index (κ3) is 2.69. The molecular weight excluding hydrogens is 304 g/mol. The lowest BCUT2D eigenvalue weighted by molar-refractivity contribution is -0.0726. The monoisotopic (exact) mass is 324 g/mol. The summed E-state index contributed by atoms with van der Waals surface area (Å²) < 4.78 is 5.89. The van der Waals surface area contributed by atoms with Gasteiger partial charge in [-0.2, -0.15) is 0 Å². The van der Waals surface area contributed by atoms with Gasteiger partial charge in [0.25, 0.3) is 0 Å². The lowest BCUT2D eigenvalue weighted by Gasteiger charge is -2.41. The van der Waals surface area contributed by atoms with Crippen LogP contribution < -0.4 is 0 Å². The van der Waals surface area contributed by atoms with Gasteiger partial charge >= 0.3 is 0 Å². The normalized spacial score (nSPS) is 20.8. The molecule has 2 aromatic rings. The molecule has 0 atom stereocenters. The van der Waals surface area contributed by atoms with Crippen molar-refractivity contribution in [3.63, 3.8) is 0 Å². The van der Waals surface area contributed by atoms with Crippen molar-refractivity contribution in [1.29, 1.82) is 0 Å². The van der Waals surface area contributed by atoms with Crippen LogP contribution >= 0.6 is 22.9 Å². The third-order valence-electron chi connectivity index (χ3n) is 4.68. The standard InChI is InChI=1S/C16H21ClN2OS/c1-10-9-11-12(17)18-14(19-13(11)21-10)16(20-4)7-5-15(2,3)6-8-16/h9H,5-8H2,1-4H3. The van der Waals surface area contributed by atoms with Crippen LogP contribution in [0.15, 0.2) is 6.07 Å². The predicted octanol–water partition coefficient (Wildman–Crippen LogP) is 5.10. The second-order valence-electron chi connectivity index (χ2n) is 6.78. The van der Waals surface area contributed by atoms with Crippen molar-refractivity contribution < 1.29 is 4.74 Å². The molecule has 1 aliphatic carbocycles. The molecule has 2 heterocycles. The Morgan fingerprint density at radius 3 is 2.48 bits per heavy atom. The van der Waals surface area contributed by atoms with Crippen molar-refractivity contribution >= 4 is 33.2 Å². The molecule has 1 saturated carbocycles. The Morgan fingerprint density at radius 2 is 1.86 bits per heavy atom. The zero-order chi connectivity index (χ0) is 15.3. The maximum Gasteiger partial charge on any atom is 0.163 e. The molecule has 0 aromatic carbocycles. The van der Waals surface area contributed by atoms with Crippen LogP contribution in [-0.4, -0.2) is 17.1 Å². The van der Waals surface area contributed by atoms with Crippen LogP contribution in [0, 0.1) is 12.3 Å². The van der Waals surface area contributed by atoms with Crippen molar-refractivity contribution in [2.24, 2.45) is 5.41 Å². The first-order chi connectivity index (χ1) is 9.85. The molecule has 0 amide bonds. The van der Waals surface area contributed by atoms with Crippen molar-refractivity contribution in [2.45, 2.75) is 52.1 Å². The average Bonchev–Trinajstić information content (AvgIpc) is 2.81. The molecule has 0 saturated heterocycles. The van der Waals surface area contributed by atoms with Crippen LogP contribution in [0.5, 0.6) is 0 Å². The summed E-state index contributed by atoms with van der Waals surface area (Å²) >= 11 is 8.03. The fourth-order valence-electron chi connectivity index (χ4n) is 3.06. The van der Waals surface area contributed by atoms with Gasteiger partial charge < -0.3 is 4.74 Å². The lowest BCUT2D eigenvalue weighted by Crippen LogP contribution is -2.38. The number of fused-ring (bicyclic) bond motifs is 1. The molecule has 0 aliphatic heterocycles. The first kappa shape index (κ1) is 15.2. The minimum atomic E-state index is -0.384. The van der Waals surface area contributed by atoms with E-state index in [0.29, 0.717) is 10.6 Å². The molecule has 3 nitrogen and oxygen atoms in total. The van der Waals surface area contributed by atoms with Gasteiger partial charge in [0.15, 0.2) is 5.82 Å². The van der Waals surface area contributed by atoms with E-state index in [4.69, 9.17) is 21.3 Å². The van der Waals surface area contributed by atoms with E-state index in [0.717, 1.165) is 41.7 Å². The Balaban J connectivity index is 2.05. The molecule has 3 rings (SSSR count). The van der Waals surface area contributed by atoms with E-state index in [2.05, 4.69) is 31.8 Å². The smallest absolute Gasteiger partial charge is 0.163 e. The van der Waals surface area contributed by atoms with Gasteiger partial charge in [-0.3, -0.25) is 0 Å². The van der Waals surface area contributed by atoms with E-state index in [-0.39, 0.29) is 5.60 Å². The van der Waals surface area contributed by atoms with Gasteiger partial charge in [0.05, 0.1) is 0 Å². The summed E-state index contributed by atoms with van der Waals surface area (Å²) in [5.41, 5.74) is -0.0132. The summed E-state index contributed by atoms with van der Waals surface area (Å²) in [6, 6.07) is 2.05. The minimum absolute atomic E-state index is 0.370. The first-order valence-corrected chi connectivity index (χ1v) is 8.54. The molecule has 114 valence electrons. The summed E-state index contributed by atoms with van der Waals surface area (Å²) in [5.74, 6) is 0.750. The Morgan fingerprint density at radius 1 is 1.19 bits per heavy atom. The van der Waals surface area contributed by atoms with E-state index in [1.54, 1.807) is 18.4 Å². The van der Waals surface area contributed by atoms with Crippen LogP contribution in [0.4, 0.5) is 0 Å². The summed E-state index contributed by atoms with van der Waals surface area (Å²) in [7, 11) is 1.76. The quantitative estimate of drug-likeness (QED) is 0.721. The number of nitrogens with zero attached hydrogens (tertiary/aromatic N) is 2. The molecule has 0 N–H and O–H groups in total. The second kappa shape index (κ2) is 5.18. The SMILES string of the molecule is COC1(c2nc(Cl)c3cc(C)sc3n2)CCC(C)(C)CC1. The average molecular weight is 325 g/mol. The number of halogens is 1. The topological polar surface area (TPSA) is 35.0 Å². The number of hydrogen-bond donors (Lipinski definition) is 0. The molecule has 21 heavy (non-hydrogen) atoms. The van der Waals surface area contributed by atoms with Gasteiger partial charge in [0.2, 0.25) is 0 Å². The number of thiophene rings is 1. The first-order valence-electron chi connectivity index (χ1n) is 7.35. The van der Waals surface area contributed by atoms with Crippen molar-refractivity contribution in [3.05, 3.63) is 21.9 Å². The third-order valence-corrected chi connectivity index (χ3v) is 5.91. The maximum absolute atomic E-state index is 6.37. The number of rotatable bonds is 2. The Bertz CT molecular complexity index is 670. The van der Waals surface area contributed by atoms with E-state index in [1.807, 2.05) is 0 Å². The zero-order valence-electron chi connectivity index (χ0n) is 13.0. The highest BCUT2D eigenvalue weighted by molar-refractivity contribution is 7.18. The number of hydrogen-bond acceptors (Lipinski definition) is 4. The molecule has 0 radical (unpaired) electrons. The summed E-state index contributed by atoms with van der Waals surface area (Å²) in [6.07, 6.45) is 4.12. The van der Waals surface area contributed by atoms with Gasteiger partial charge in [-0.05, 0) is 44.1 Å². The Labute approximate surface area is 134 Å². The molecule has 5 heteroatoms. The number of aryl methyl sites for hydroxylation is 1. The molecule has 2 aromatic heterocycles. The van der Waals surface area contributed by atoms with Gasteiger partial charge in [-0.15, -0.1) is 11.3 Å². The fourth-order valence-corrected chi connectivity index (χ4v) is 4.22.